The molecule has 1 heterocycles. The lowest BCUT2D eigenvalue weighted by molar-refractivity contribution is -0.130. The lowest BCUT2D eigenvalue weighted by Gasteiger charge is -2.34. The fourth-order valence-corrected chi connectivity index (χ4v) is 1.64. The van der Waals surface area contributed by atoms with Gasteiger partial charge in [-0.3, -0.25) is 9.69 Å². The quantitative estimate of drug-likeness (QED) is 0.693. The van der Waals surface area contributed by atoms with E-state index >= 15 is 0 Å². The van der Waals surface area contributed by atoms with Crippen molar-refractivity contribution in [1.29, 1.82) is 0 Å². The summed E-state index contributed by atoms with van der Waals surface area (Å²) in [5.74, 6) is 0.0315. The van der Waals surface area contributed by atoms with Gasteiger partial charge in [0.05, 0.1) is 13.2 Å². The molecule has 0 aromatic rings. The molecule has 0 N–H and O–H groups in total. The average molecular weight is 240 g/mol. The van der Waals surface area contributed by atoms with Crippen molar-refractivity contribution in [1.82, 2.24) is 9.80 Å². The van der Waals surface area contributed by atoms with Crippen molar-refractivity contribution in [2.45, 2.75) is 26.3 Å². The smallest absolute Gasteiger partial charge is 0.250 e. The topological polar surface area (TPSA) is 32.8 Å². The fourth-order valence-electron chi connectivity index (χ4n) is 1.64. The van der Waals surface area contributed by atoms with E-state index in [4.69, 9.17) is 4.74 Å². The molecule has 0 saturated carbocycles. The molecule has 98 valence electrons. The summed E-state index contributed by atoms with van der Waals surface area (Å²) in [6, 6.07) is 0. The number of morpholine rings is 1. The number of carbonyl (C=O) groups is 1. The molecule has 17 heavy (non-hydrogen) atoms. The molecule has 1 rings (SSSR count). The molecule has 0 radical (unpaired) electrons. The van der Waals surface area contributed by atoms with Crippen LogP contribution in [0.15, 0.2) is 12.2 Å². The highest BCUT2D eigenvalue weighted by atomic mass is 16.5. The van der Waals surface area contributed by atoms with Crippen molar-refractivity contribution in [3.8, 4) is 0 Å². The molecule has 0 aromatic carbocycles. The van der Waals surface area contributed by atoms with Crippen LogP contribution in [0.4, 0.5) is 0 Å². The highest BCUT2D eigenvalue weighted by molar-refractivity contribution is 5.93. The molecular weight excluding hydrogens is 216 g/mol. The maximum absolute atomic E-state index is 12.1. The Kier molecular flexibility index (Phi) is 4.71. The summed E-state index contributed by atoms with van der Waals surface area (Å²) in [5, 5.41) is 0. The lowest BCUT2D eigenvalue weighted by atomic mass is 10.1. The minimum atomic E-state index is -0.162. The zero-order valence-electron chi connectivity index (χ0n) is 11.5. The molecule has 1 aliphatic rings. The van der Waals surface area contributed by atoms with Gasteiger partial charge in [0, 0.05) is 37.8 Å². The van der Waals surface area contributed by atoms with Crippen molar-refractivity contribution < 1.29 is 9.53 Å². The van der Waals surface area contributed by atoms with Gasteiger partial charge in [-0.1, -0.05) is 6.58 Å². The first-order valence-electron chi connectivity index (χ1n) is 6.08. The van der Waals surface area contributed by atoms with Gasteiger partial charge in [-0.2, -0.15) is 0 Å². The summed E-state index contributed by atoms with van der Waals surface area (Å²) < 4.78 is 5.28. The van der Waals surface area contributed by atoms with E-state index in [9.17, 15) is 4.79 Å². The minimum absolute atomic E-state index is 0.0315. The van der Waals surface area contributed by atoms with Gasteiger partial charge in [-0.25, -0.2) is 0 Å². The van der Waals surface area contributed by atoms with Crippen LogP contribution in [0, 0.1) is 0 Å². The van der Waals surface area contributed by atoms with Crippen LogP contribution in [0.2, 0.25) is 0 Å². The average Bonchev–Trinajstić information content (AvgIpc) is 2.27. The van der Waals surface area contributed by atoms with Gasteiger partial charge in [0.15, 0.2) is 0 Å². The molecular formula is C13H24N2O2. The molecule has 0 atom stereocenters. The van der Waals surface area contributed by atoms with Crippen LogP contribution in [0.5, 0.6) is 0 Å². The number of hydrogen-bond donors (Lipinski definition) is 0. The van der Waals surface area contributed by atoms with Crippen LogP contribution >= 0.6 is 0 Å². The van der Waals surface area contributed by atoms with Crippen molar-refractivity contribution in [2.75, 3.05) is 39.9 Å². The predicted molar refractivity (Wildman–Crippen MR) is 68.9 cm³/mol. The number of likely N-dealkylation sites (N-methyl/N-ethyl adjacent to an activating group) is 1. The molecule has 0 unspecified atom stereocenters. The van der Waals surface area contributed by atoms with Crippen LogP contribution < -0.4 is 0 Å². The zero-order valence-corrected chi connectivity index (χ0v) is 11.5. The summed E-state index contributed by atoms with van der Waals surface area (Å²) in [6.45, 7) is 13.9. The van der Waals surface area contributed by atoms with Crippen LogP contribution in [0.3, 0.4) is 0 Å². The third-order valence-electron chi connectivity index (χ3n) is 3.13. The molecule has 1 amide bonds. The second-order valence-corrected chi connectivity index (χ2v) is 5.53. The van der Waals surface area contributed by atoms with E-state index in [2.05, 4.69) is 11.5 Å². The fraction of sp³-hybridized carbons (Fsp3) is 0.769. The van der Waals surface area contributed by atoms with Gasteiger partial charge in [0.2, 0.25) is 0 Å². The van der Waals surface area contributed by atoms with E-state index in [0.29, 0.717) is 12.1 Å². The number of carbonyl (C=O) groups excluding carboxylic acids is 1. The van der Waals surface area contributed by atoms with Gasteiger partial charge in [-0.15, -0.1) is 0 Å². The molecule has 0 aromatic heterocycles. The normalized spacial score (nSPS) is 17.9. The van der Waals surface area contributed by atoms with Crippen LogP contribution in [0.1, 0.15) is 20.8 Å². The van der Waals surface area contributed by atoms with E-state index in [1.54, 1.807) is 4.90 Å². The molecule has 0 spiro atoms. The van der Waals surface area contributed by atoms with Crippen LogP contribution in [-0.2, 0) is 9.53 Å². The number of rotatable bonds is 3. The Labute approximate surface area is 104 Å². The van der Waals surface area contributed by atoms with E-state index in [1.807, 2.05) is 27.8 Å². The number of ether oxygens (including phenoxy) is 1. The van der Waals surface area contributed by atoms with Gasteiger partial charge < -0.3 is 9.64 Å². The summed E-state index contributed by atoms with van der Waals surface area (Å²) in [6.07, 6.45) is 0. The highest BCUT2D eigenvalue weighted by Crippen LogP contribution is 2.14. The molecule has 0 bridgehead atoms. The molecule has 4 heteroatoms. The number of amides is 1. The summed E-state index contributed by atoms with van der Waals surface area (Å²) >= 11 is 0. The van der Waals surface area contributed by atoms with Gasteiger partial charge in [0.1, 0.15) is 0 Å². The molecule has 1 saturated heterocycles. The van der Waals surface area contributed by atoms with Crippen LogP contribution in [0.25, 0.3) is 0 Å². The van der Waals surface area contributed by atoms with E-state index in [0.717, 1.165) is 26.3 Å². The van der Waals surface area contributed by atoms with Crippen molar-refractivity contribution in [3.63, 3.8) is 0 Å². The monoisotopic (exact) mass is 240 g/mol. The third kappa shape index (κ3) is 4.13. The van der Waals surface area contributed by atoms with Crippen LogP contribution in [-0.4, -0.2) is 61.1 Å². The largest absolute Gasteiger partial charge is 0.379 e. The maximum atomic E-state index is 12.1. The first-order valence-corrected chi connectivity index (χ1v) is 6.08. The highest BCUT2D eigenvalue weighted by Gasteiger charge is 2.25. The van der Waals surface area contributed by atoms with Gasteiger partial charge in [0.25, 0.3) is 5.91 Å². The third-order valence-corrected chi connectivity index (χ3v) is 3.13. The van der Waals surface area contributed by atoms with E-state index in [1.165, 1.54) is 0 Å². The first-order chi connectivity index (χ1) is 7.82. The second-order valence-electron chi connectivity index (χ2n) is 5.53. The second kappa shape index (κ2) is 5.65. The Balaban J connectivity index is 2.49. The molecule has 1 aliphatic heterocycles. The Morgan fingerprint density at radius 1 is 1.35 bits per heavy atom. The van der Waals surface area contributed by atoms with Crippen molar-refractivity contribution >= 4 is 5.91 Å². The van der Waals surface area contributed by atoms with Crippen molar-refractivity contribution in [3.05, 3.63) is 12.2 Å². The summed E-state index contributed by atoms with van der Waals surface area (Å²) in [7, 11) is 1.83. The summed E-state index contributed by atoms with van der Waals surface area (Å²) in [4.78, 5) is 16.1. The first kappa shape index (κ1) is 14.2. The van der Waals surface area contributed by atoms with Gasteiger partial charge >= 0.3 is 0 Å². The van der Waals surface area contributed by atoms with E-state index in [-0.39, 0.29) is 11.4 Å². The Hall–Kier alpha value is -0.870. The van der Waals surface area contributed by atoms with Crippen molar-refractivity contribution in [2.24, 2.45) is 0 Å². The Morgan fingerprint density at radius 3 is 2.35 bits per heavy atom. The minimum Gasteiger partial charge on any atom is -0.379 e. The van der Waals surface area contributed by atoms with E-state index < -0.39 is 0 Å². The van der Waals surface area contributed by atoms with Gasteiger partial charge in [-0.05, 0) is 20.8 Å². The molecule has 4 nitrogen and oxygen atoms in total. The SMILES string of the molecule is C=C(CN1CCOCC1)C(=O)N(C)C(C)(C)C. The maximum Gasteiger partial charge on any atom is 0.250 e. The molecule has 1 fully saturated rings. The Bertz CT molecular complexity index is 288. The standard InChI is InChI=1S/C13H24N2O2/c1-11(10-15-6-8-17-9-7-15)12(16)14(5)13(2,3)4/h1,6-10H2,2-5H3. The lowest BCUT2D eigenvalue weighted by Crippen LogP contribution is -2.45. The predicted octanol–water partition coefficient (Wildman–Crippen LogP) is 1.13. The zero-order chi connectivity index (χ0) is 13.1. The number of nitrogens with zero attached hydrogens (tertiary/aromatic N) is 2. The number of hydrogen-bond acceptors (Lipinski definition) is 3. The summed E-state index contributed by atoms with van der Waals surface area (Å²) in [5.41, 5.74) is 0.495. The molecule has 0 aliphatic carbocycles. The Morgan fingerprint density at radius 2 is 1.88 bits per heavy atom.